The number of hydrogen-bond acceptors (Lipinski definition) is 7. The van der Waals surface area contributed by atoms with E-state index in [4.69, 9.17) is 5.11 Å². The van der Waals surface area contributed by atoms with Crippen molar-refractivity contribution in [1.29, 1.82) is 0 Å². The number of fused-ring (bicyclic) bond motifs is 1. The molecule has 37 heavy (non-hydrogen) atoms. The number of hydrogen-bond donors (Lipinski definition) is 4. The quantitative estimate of drug-likeness (QED) is 0.328. The highest BCUT2D eigenvalue weighted by molar-refractivity contribution is 8.03. The summed E-state index contributed by atoms with van der Waals surface area (Å²) in [4.78, 5) is 52.2. The molecule has 0 saturated carbocycles. The summed E-state index contributed by atoms with van der Waals surface area (Å²) in [5.41, 5.74) is 1.82. The van der Waals surface area contributed by atoms with Crippen molar-refractivity contribution in [1.82, 2.24) is 15.1 Å². The largest absolute Gasteiger partial charge is 0.481 e. The third-order valence-electron chi connectivity index (χ3n) is 7.41. The molecule has 0 bridgehead atoms. The second-order valence-electron chi connectivity index (χ2n) is 10.1. The summed E-state index contributed by atoms with van der Waals surface area (Å²) >= 11 is 1.41. The van der Waals surface area contributed by atoms with Crippen molar-refractivity contribution in [3.05, 3.63) is 46.0 Å². The number of carbonyl (C=O) groups is 4. The number of carbonyl (C=O) groups excluding carboxylic acids is 2. The van der Waals surface area contributed by atoms with Crippen LogP contribution in [0.25, 0.3) is 0 Å². The number of amides is 2. The molecular formula is C26H33N3O7S. The van der Waals surface area contributed by atoms with E-state index < -0.39 is 30.0 Å². The zero-order valence-corrected chi connectivity index (χ0v) is 21.9. The van der Waals surface area contributed by atoms with Gasteiger partial charge in [0.2, 0.25) is 11.8 Å². The summed E-state index contributed by atoms with van der Waals surface area (Å²) in [5, 5.41) is 32.0. The van der Waals surface area contributed by atoms with Crippen molar-refractivity contribution in [3.63, 3.8) is 0 Å². The van der Waals surface area contributed by atoms with Crippen LogP contribution < -0.4 is 5.32 Å². The van der Waals surface area contributed by atoms with Gasteiger partial charge in [-0.3, -0.25) is 14.4 Å². The maximum Gasteiger partial charge on any atom is 0.353 e. The predicted octanol–water partition coefficient (Wildman–Crippen LogP) is 1.28. The van der Waals surface area contributed by atoms with Crippen molar-refractivity contribution in [2.24, 2.45) is 11.8 Å². The normalized spacial score (nSPS) is 27.6. The van der Waals surface area contributed by atoms with Gasteiger partial charge in [-0.05, 0) is 30.9 Å². The third-order valence-corrected chi connectivity index (χ3v) is 8.92. The summed E-state index contributed by atoms with van der Waals surface area (Å²) in [7, 11) is 1.73. The maximum atomic E-state index is 13.1. The zero-order valence-electron chi connectivity index (χ0n) is 21.1. The van der Waals surface area contributed by atoms with Crippen LogP contribution in [0.4, 0.5) is 0 Å². The van der Waals surface area contributed by atoms with Crippen LogP contribution in [0, 0.1) is 11.8 Å². The molecule has 0 radical (unpaired) electrons. The number of carboxylic acids is 2. The molecule has 11 heteroatoms. The smallest absolute Gasteiger partial charge is 0.353 e. The molecule has 2 fully saturated rings. The van der Waals surface area contributed by atoms with Crippen molar-refractivity contribution < 1.29 is 34.5 Å². The summed E-state index contributed by atoms with van der Waals surface area (Å²) in [6, 6.07) is 6.79. The Balaban J connectivity index is 1.37. The molecule has 10 nitrogen and oxygen atoms in total. The topological polar surface area (TPSA) is 147 Å². The number of β-lactam (4-membered cyclic amide) rings is 1. The molecule has 3 aliphatic heterocycles. The number of rotatable bonds is 10. The molecule has 200 valence electrons. The Labute approximate surface area is 219 Å². The molecule has 3 aliphatic rings. The Hall–Kier alpha value is -2.89. The fourth-order valence-corrected chi connectivity index (χ4v) is 7.07. The minimum absolute atomic E-state index is 0.000857. The number of likely N-dealkylation sites (N-methyl/N-ethyl adjacent to an activating group) is 1. The van der Waals surface area contributed by atoms with Crippen LogP contribution in [0.15, 0.2) is 34.9 Å². The number of nitrogens with one attached hydrogen (secondary N) is 1. The minimum Gasteiger partial charge on any atom is -0.481 e. The number of aliphatic hydroxyl groups excluding tert-OH is 1. The highest BCUT2D eigenvalue weighted by Crippen LogP contribution is 2.51. The lowest BCUT2D eigenvalue weighted by Crippen LogP contribution is -2.63. The summed E-state index contributed by atoms with van der Waals surface area (Å²) in [6.07, 6.45) is 0.153. The van der Waals surface area contributed by atoms with E-state index in [1.807, 2.05) is 31.2 Å². The van der Waals surface area contributed by atoms with E-state index in [0.29, 0.717) is 30.8 Å². The molecule has 0 spiro atoms. The molecular weight excluding hydrogens is 498 g/mol. The predicted molar refractivity (Wildman–Crippen MR) is 136 cm³/mol. The molecule has 4 N–H and O–H groups in total. The molecule has 3 heterocycles. The van der Waals surface area contributed by atoms with Crippen LogP contribution in [-0.4, -0.2) is 85.9 Å². The van der Waals surface area contributed by atoms with E-state index in [9.17, 15) is 29.4 Å². The van der Waals surface area contributed by atoms with Gasteiger partial charge in [-0.25, -0.2) is 4.79 Å². The Kier molecular flexibility index (Phi) is 7.96. The first-order valence-corrected chi connectivity index (χ1v) is 13.3. The van der Waals surface area contributed by atoms with Gasteiger partial charge in [0.05, 0.1) is 24.1 Å². The minimum atomic E-state index is -1.15. The van der Waals surface area contributed by atoms with Gasteiger partial charge in [0.25, 0.3) is 0 Å². The molecule has 0 aliphatic carbocycles. The monoisotopic (exact) mass is 531 g/mol. The van der Waals surface area contributed by atoms with E-state index in [1.54, 1.807) is 18.9 Å². The number of aliphatic hydroxyl groups is 1. The average Bonchev–Trinajstić information content (AvgIpc) is 3.39. The number of carboxylic acid groups (broad SMARTS) is 2. The van der Waals surface area contributed by atoms with Gasteiger partial charge in [-0.15, -0.1) is 11.8 Å². The SMILES string of the molecule is C[C@@H](O)[C@H]1C(=O)N2C(C(=O)O)=C(S[C@@H]3CN[C@H](C(=O)N(C)Cc4cccc(CCC(=O)O)c4)C3)[C@H](C)[C@H]12. The number of nitrogens with zero attached hydrogens (tertiary/aromatic N) is 2. The van der Waals surface area contributed by atoms with Crippen LogP contribution in [-0.2, 0) is 32.1 Å². The Morgan fingerprint density at radius 1 is 1.24 bits per heavy atom. The molecule has 2 saturated heterocycles. The lowest BCUT2D eigenvalue weighted by Gasteiger charge is -2.46. The Morgan fingerprint density at radius 3 is 2.59 bits per heavy atom. The maximum absolute atomic E-state index is 13.1. The number of thioether (sulfide) groups is 1. The van der Waals surface area contributed by atoms with E-state index >= 15 is 0 Å². The molecule has 6 atom stereocenters. The van der Waals surface area contributed by atoms with Gasteiger partial charge in [-0.2, -0.15) is 0 Å². The first kappa shape index (κ1) is 27.2. The number of aryl methyl sites for hydroxylation is 1. The summed E-state index contributed by atoms with van der Waals surface area (Å²) < 4.78 is 0. The van der Waals surface area contributed by atoms with Crippen molar-refractivity contribution in [3.8, 4) is 0 Å². The molecule has 4 rings (SSSR count). The van der Waals surface area contributed by atoms with E-state index in [2.05, 4.69) is 5.32 Å². The van der Waals surface area contributed by atoms with Crippen LogP contribution in [0.3, 0.4) is 0 Å². The van der Waals surface area contributed by atoms with Crippen molar-refractivity contribution in [2.45, 2.75) is 63.1 Å². The zero-order chi connectivity index (χ0) is 27.0. The van der Waals surface area contributed by atoms with Crippen LogP contribution in [0.1, 0.15) is 37.8 Å². The van der Waals surface area contributed by atoms with Gasteiger partial charge in [-0.1, -0.05) is 31.2 Å². The molecule has 2 amide bonds. The summed E-state index contributed by atoms with van der Waals surface area (Å²) in [5.74, 6) is -3.24. The van der Waals surface area contributed by atoms with Crippen LogP contribution in [0.5, 0.6) is 0 Å². The summed E-state index contributed by atoms with van der Waals surface area (Å²) in [6.45, 7) is 4.36. The second-order valence-corrected chi connectivity index (χ2v) is 11.5. The highest BCUT2D eigenvalue weighted by atomic mass is 32.2. The van der Waals surface area contributed by atoms with E-state index in [0.717, 1.165) is 11.1 Å². The van der Waals surface area contributed by atoms with Crippen LogP contribution in [0.2, 0.25) is 0 Å². The Bertz CT molecular complexity index is 1140. The van der Waals surface area contributed by atoms with Gasteiger partial charge in [0.1, 0.15) is 5.70 Å². The molecule has 1 aromatic carbocycles. The fourth-order valence-electron chi connectivity index (χ4n) is 5.59. The lowest BCUT2D eigenvalue weighted by atomic mass is 9.79. The van der Waals surface area contributed by atoms with Gasteiger partial charge in [0.15, 0.2) is 0 Å². The lowest BCUT2D eigenvalue weighted by molar-refractivity contribution is -0.163. The number of aliphatic carboxylic acids is 2. The van der Waals surface area contributed by atoms with E-state index in [1.165, 1.54) is 16.7 Å². The van der Waals surface area contributed by atoms with Gasteiger partial charge in [0, 0.05) is 42.6 Å². The first-order chi connectivity index (χ1) is 17.5. The van der Waals surface area contributed by atoms with Crippen molar-refractivity contribution in [2.75, 3.05) is 13.6 Å². The fraction of sp³-hybridized carbons (Fsp3) is 0.538. The second kappa shape index (κ2) is 10.8. The molecule has 0 aromatic heterocycles. The first-order valence-electron chi connectivity index (χ1n) is 12.4. The van der Waals surface area contributed by atoms with Gasteiger partial charge < -0.3 is 30.4 Å². The average molecular weight is 532 g/mol. The van der Waals surface area contributed by atoms with Crippen molar-refractivity contribution >= 4 is 35.5 Å². The van der Waals surface area contributed by atoms with E-state index in [-0.39, 0.29) is 41.1 Å². The highest BCUT2D eigenvalue weighted by Gasteiger charge is 2.60. The molecule has 0 unspecified atom stereocenters. The Morgan fingerprint density at radius 2 is 1.95 bits per heavy atom. The van der Waals surface area contributed by atoms with Crippen LogP contribution >= 0.6 is 11.8 Å². The standard InChI is InChI=1S/C26H33N3O7S/c1-13-21-20(14(2)30)25(34)29(21)22(26(35)36)23(13)37-17-10-18(27-11-17)24(33)28(3)12-16-6-4-5-15(9-16)7-8-19(31)32/h4-6,9,13-14,17-18,20-21,27,30H,7-8,10-12H2,1-3H3,(H,31,32)(H,35,36)/t13-,14-,17+,18+,20-,21-/m1/s1. The third kappa shape index (κ3) is 5.39. The molecule has 1 aromatic rings. The van der Waals surface area contributed by atoms with Gasteiger partial charge >= 0.3 is 11.9 Å². The number of benzene rings is 1.